The van der Waals surface area contributed by atoms with Crippen LogP contribution >= 0.6 is 11.6 Å². The maximum absolute atomic E-state index is 12.4. The van der Waals surface area contributed by atoms with Crippen molar-refractivity contribution in [1.29, 1.82) is 0 Å². The molecule has 0 fully saturated rings. The van der Waals surface area contributed by atoms with Gasteiger partial charge in [0, 0.05) is 12.0 Å². The molecule has 0 aliphatic heterocycles. The third-order valence-corrected chi connectivity index (χ3v) is 4.48. The fourth-order valence-electron chi connectivity index (χ4n) is 2.65. The number of amides is 1. The average molecular weight is 381 g/mol. The second-order valence-corrected chi connectivity index (χ2v) is 6.18. The van der Waals surface area contributed by atoms with Crippen molar-refractivity contribution in [2.45, 2.75) is 38.6 Å². The number of carboxylic acid groups (broad SMARTS) is 1. The molecule has 1 aromatic carbocycles. The number of methoxy groups -OCH3 is 1. The molecule has 2 rings (SSSR count). The number of hydrogen-bond acceptors (Lipinski definition) is 5. The van der Waals surface area contributed by atoms with Crippen LogP contribution in [0.2, 0.25) is 5.02 Å². The molecule has 1 heterocycles. The SMILES string of the molecule is CCC(CC)c1cc(C(=O)NC(C(=O)O)c2ccc(OC)c(Cl)c2)on1. The van der Waals surface area contributed by atoms with Gasteiger partial charge in [-0.05, 0) is 30.5 Å². The van der Waals surface area contributed by atoms with Crippen molar-refractivity contribution in [1.82, 2.24) is 10.5 Å². The molecule has 0 saturated heterocycles. The van der Waals surface area contributed by atoms with Crippen molar-refractivity contribution in [2.24, 2.45) is 0 Å². The molecule has 0 spiro atoms. The van der Waals surface area contributed by atoms with Gasteiger partial charge in [0.15, 0.2) is 6.04 Å². The van der Waals surface area contributed by atoms with Crippen LogP contribution in [0, 0.1) is 0 Å². The molecule has 2 aromatic rings. The quantitative estimate of drug-likeness (QED) is 0.722. The van der Waals surface area contributed by atoms with Gasteiger partial charge in [0.2, 0.25) is 5.76 Å². The summed E-state index contributed by atoms with van der Waals surface area (Å²) in [5.74, 6) is -1.31. The lowest BCUT2D eigenvalue weighted by molar-refractivity contribution is -0.139. The highest BCUT2D eigenvalue weighted by atomic mass is 35.5. The summed E-state index contributed by atoms with van der Waals surface area (Å²) in [6.07, 6.45) is 1.73. The first kappa shape index (κ1) is 19.8. The van der Waals surface area contributed by atoms with Crippen molar-refractivity contribution in [3.63, 3.8) is 0 Å². The van der Waals surface area contributed by atoms with Gasteiger partial charge in [-0.2, -0.15) is 0 Å². The first-order valence-corrected chi connectivity index (χ1v) is 8.62. The van der Waals surface area contributed by atoms with Crippen molar-refractivity contribution in [3.05, 3.63) is 46.3 Å². The molecule has 0 bridgehead atoms. The highest BCUT2D eigenvalue weighted by molar-refractivity contribution is 6.32. The summed E-state index contributed by atoms with van der Waals surface area (Å²) in [6, 6.07) is 4.77. The molecule has 0 aliphatic rings. The Labute approximate surface area is 156 Å². The van der Waals surface area contributed by atoms with E-state index in [9.17, 15) is 14.7 Å². The molecule has 0 aliphatic carbocycles. The van der Waals surface area contributed by atoms with E-state index in [0.717, 1.165) is 12.8 Å². The number of aliphatic carboxylic acids is 1. The van der Waals surface area contributed by atoms with E-state index in [4.69, 9.17) is 20.9 Å². The van der Waals surface area contributed by atoms with E-state index in [2.05, 4.69) is 10.5 Å². The summed E-state index contributed by atoms with van der Waals surface area (Å²) < 4.78 is 10.1. The number of carboxylic acids is 1. The first-order valence-electron chi connectivity index (χ1n) is 8.24. The number of carbonyl (C=O) groups excluding carboxylic acids is 1. The van der Waals surface area contributed by atoms with Crippen LogP contribution in [0.1, 0.15) is 60.5 Å². The maximum Gasteiger partial charge on any atom is 0.330 e. The Kier molecular flexibility index (Phi) is 6.63. The van der Waals surface area contributed by atoms with Gasteiger partial charge in [-0.1, -0.05) is 36.7 Å². The molecule has 1 unspecified atom stereocenters. The van der Waals surface area contributed by atoms with Crippen LogP contribution in [0.25, 0.3) is 0 Å². The standard InChI is InChI=1S/C18H21ClN2O5/c1-4-10(5-2)13-9-15(26-21-13)17(22)20-16(18(23)24)11-6-7-14(25-3)12(19)8-11/h6-10,16H,4-5H2,1-3H3,(H,20,22)(H,23,24). The fraction of sp³-hybridized carbons (Fsp3) is 0.389. The minimum atomic E-state index is -1.28. The van der Waals surface area contributed by atoms with Crippen LogP contribution in [-0.2, 0) is 4.79 Å². The molecule has 8 heteroatoms. The van der Waals surface area contributed by atoms with Crippen molar-refractivity contribution >= 4 is 23.5 Å². The number of carbonyl (C=O) groups is 2. The van der Waals surface area contributed by atoms with E-state index in [0.29, 0.717) is 17.0 Å². The largest absolute Gasteiger partial charge is 0.495 e. The van der Waals surface area contributed by atoms with E-state index >= 15 is 0 Å². The minimum Gasteiger partial charge on any atom is -0.495 e. The number of benzene rings is 1. The number of nitrogens with zero attached hydrogens (tertiary/aromatic N) is 1. The van der Waals surface area contributed by atoms with Gasteiger partial charge in [0.25, 0.3) is 5.91 Å². The summed E-state index contributed by atoms with van der Waals surface area (Å²) in [5, 5.41) is 16.1. The molecule has 0 saturated carbocycles. The predicted molar refractivity (Wildman–Crippen MR) is 95.7 cm³/mol. The third kappa shape index (κ3) is 4.35. The van der Waals surface area contributed by atoms with Crippen LogP contribution in [0.5, 0.6) is 5.75 Å². The van der Waals surface area contributed by atoms with Gasteiger partial charge in [-0.15, -0.1) is 0 Å². The lowest BCUT2D eigenvalue weighted by atomic mass is 9.99. The molecule has 26 heavy (non-hydrogen) atoms. The maximum atomic E-state index is 12.4. The normalized spacial score (nSPS) is 12.0. The molecular weight excluding hydrogens is 360 g/mol. The molecule has 2 N–H and O–H groups in total. The van der Waals surface area contributed by atoms with Crippen LogP contribution in [0.15, 0.2) is 28.8 Å². The Balaban J connectivity index is 2.21. The Morgan fingerprint density at radius 1 is 1.31 bits per heavy atom. The number of halogens is 1. The third-order valence-electron chi connectivity index (χ3n) is 4.19. The number of nitrogens with one attached hydrogen (secondary N) is 1. The van der Waals surface area contributed by atoms with Gasteiger partial charge < -0.3 is 19.7 Å². The second-order valence-electron chi connectivity index (χ2n) is 5.77. The molecule has 1 atom stereocenters. The molecule has 0 radical (unpaired) electrons. The number of ether oxygens (including phenoxy) is 1. The van der Waals surface area contributed by atoms with E-state index in [-0.39, 0.29) is 16.7 Å². The minimum absolute atomic E-state index is 0.0299. The number of hydrogen-bond donors (Lipinski definition) is 2. The summed E-state index contributed by atoms with van der Waals surface area (Å²) in [7, 11) is 1.46. The van der Waals surface area contributed by atoms with E-state index in [1.165, 1.54) is 19.2 Å². The van der Waals surface area contributed by atoms with Gasteiger partial charge >= 0.3 is 5.97 Å². The van der Waals surface area contributed by atoms with Crippen molar-refractivity contribution in [2.75, 3.05) is 7.11 Å². The second kappa shape index (κ2) is 8.71. The molecule has 7 nitrogen and oxygen atoms in total. The smallest absolute Gasteiger partial charge is 0.330 e. The number of aromatic nitrogens is 1. The molecule has 1 amide bonds. The van der Waals surface area contributed by atoms with E-state index in [1.54, 1.807) is 12.1 Å². The van der Waals surface area contributed by atoms with E-state index < -0.39 is 17.9 Å². The Morgan fingerprint density at radius 3 is 2.54 bits per heavy atom. The molecular formula is C18H21ClN2O5. The average Bonchev–Trinajstić information content (AvgIpc) is 3.10. The van der Waals surface area contributed by atoms with Crippen molar-refractivity contribution < 1.29 is 24.0 Å². The predicted octanol–water partition coefficient (Wildman–Crippen LogP) is 3.80. The monoisotopic (exact) mass is 380 g/mol. The molecule has 1 aromatic heterocycles. The van der Waals surface area contributed by atoms with Crippen LogP contribution < -0.4 is 10.1 Å². The topological polar surface area (TPSA) is 102 Å². The zero-order valence-corrected chi connectivity index (χ0v) is 15.5. The first-order chi connectivity index (χ1) is 12.4. The highest BCUT2D eigenvalue weighted by Crippen LogP contribution is 2.28. The zero-order valence-electron chi connectivity index (χ0n) is 14.8. The van der Waals surface area contributed by atoms with Gasteiger partial charge in [-0.25, -0.2) is 4.79 Å². The lowest BCUT2D eigenvalue weighted by Crippen LogP contribution is -2.33. The Hall–Kier alpha value is -2.54. The highest BCUT2D eigenvalue weighted by Gasteiger charge is 2.26. The van der Waals surface area contributed by atoms with Crippen molar-refractivity contribution in [3.8, 4) is 5.75 Å². The lowest BCUT2D eigenvalue weighted by Gasteiger charge is -2.15. The Morgan fingerprint density at radius 2 is 2.00 bits per heavy atom. The zero-order chi connectivity index (χ0) is 19.3. The van der Waals surface area contributed by atoms with Crippen LogP contribution in [0.4, 0.5) is 0 Å². The summed E-state index contributed by atoms with van der Waals surface area (Å²) in [5.41, 5.74) is 0.996. The van der Waals surface area contributed by atoms with Gasteiger partial charge in [0.1, 0.15) is 5.75 Å². The van der Waals surface area contributed by atoms with Gasteiger partial charge in [-0.3, -0.25) is 4.79 Å². The number of rotatable bonds is 8. The van der Waals surface area contributed by atoms with E-state index in [1.807, 2.05) is 13.8 Å². The van der Waals surface area contributed by atoms with Gasteiger partial charge in [0.05, 0.1) is 17.8 Å². The molecule has 140 valence electrons. The summed E-state index contributed by atoms with van der Waals surface area (Å²) >= 11 is 6.04. The Bertz CT molecular complexity index is 786. The van der Waals surface area contributed by atoms with Crippen LogP contribution in [-0.4, -0.2) is 29.2 Å². The summed E-state index contributed by atoms with van der Waals surface area (Å²) in [6.45, 7) is 4.05. The summed E-state index contributed by atoms with van der Waals surface area (Å²) in [4.78, 5) is 24.0. The van der Waals surface area contributed by atoms with Crippen LogP contribution in [0.3, 0.4) is 0 Å². The fourth-order valence-corrected chi connectivity index (χ4v) is 2.91.